The van der Waals surface area contributed by atoms with Crippen LogP contribution in [0.1, 0.15) is 17.3 Å². The molecule has 0 saturated carbocycles. The second-order valence-corrected chi connectivity index (χ2v) is 7.32. The first-order valence-corrected chi connectivity index (χ1v) is 8.23. The summed E-state index contributed by atoms with van der Waals surface area (Å²) >= 11 is 0. The number of esters is 1. The SMILES string of the molecule is COC(=O)c1ccc(S(=O)(=O)N2C[C@@H](C)[C@H](C(=O)O)C2)cc1F. The van der Waals surface area contributed by atoms with E-state index in [1.54, 1.807) is 6.92 Å². The summed E-state index contributed by atoms with van der Waals surface area (Å²) in [4.78, 5) is 22.1. The number of rotatable bonds is 4. The number of aliphatic carboxylic acids is 1. The summed E-state index contributed by atoms with van der Waals surface area (Å²) in [7, 11) is -2.94. The lowest BCUT2D eigenvalue weighted by molar-refractivity contribution is -0.142. The van der Waals surface area contributed by atoms with E-state index in [2.05, 4.69) is 4.74 Å². The van der Waals surface area contributed by atoms with Crippen molar-refractivity contribution in [1.29, 1.82) is 0 Å². The Hall–Kier alpha value is -2.00. The van der Waals surface area contributed by atoms with Gasteiger partial charge in [-0.1, -0.05) is 6.92 Å². The van der Waals surface area contributed by atoms with Gasteiger partial charge in [0, 0.05) is 13.1 Å². The molecule has 1 aliphatic heterocycles. The molecule has 7 nitrogen and oxygen atoms in total. The Balaban J connectivity index is 2.32. The van der Waals surface area contributed by atoms with Gasteiger partial charge in [0.05, 0.1) is 23.5 Å². The average Bonchev–Trinajstić information content (AvgIpc) is 2.89. The van der Waals surface area contributed by atoms with Crippen LogP contribution in [0.4, 0.5) is 4.39 Å². The number of ether oxygens (including phenoxy) is 1. The van der Waals surface area contributed by atoms with Gasteiger partial charge in [-0.3, -0.25) is 4.79 Å². The van der Waals surface area contributed by atoms with Crippen LogP contribution in [0.3, 0.4) is 0 Å². The molecule has 2 rings (SSSR count). The Morgan fingerprint density at radius 1 is 1.35 bits per heavy atom. The average molecular weight is 345 g/mol. The number of methoxy groups -OCH3 is 1. The number of carbonyl (C=O) groups is 2. The van der Waals surface area contributed by atoms with Crippen LogP contribution < -0.4 is 0 Å². The van der Waals surface area contributed by atoms with Crippen molar-refractivity contribution in [3.05, 3.63) is 29.6 Å². The highest BCUT2D eigenvalue weighted by Gasteiger charge is 2.40. The number of hydrogen-bond acceptors (Lipinski definition) is 5. The molecule has 0 spiro atoms. The molecule has 0 aromatic heterocycles. The van der Waals surface area contributed by atoms with E-state index in [0.717, 1.165) is 29.6 Å². The van der Waals surface area contributed by atoms with Crippen LogP contribution in [0.25, 0.3) is 0 Å². The van der Waals surface area contributed by atoms with Gasteiger partial charge in [0.1, 0.15) is 5.82 Å². The number of carbonyl (C=O) groups excluding carboxylic acids is 1. The zero-order valence-corrected chi connectivity index (χ0v) is 13.3. The standard InChI is InChI=1S/C14H16FNO6S/c1-8-6-16(7-11(8)13(17)18)23(20,21)9-3-4-10(12(15)5-9)14(19)22-2/h3-5,8,11H,6-7H2,1-2H3,(H,17,18)/t8-,11-/m1/s1. The monoisotopic (exact) mass is 345 g/mol. The zero-order chi connectivity index (χ0) is 17.4. The molecule has 126 valence electrons. The van der Waals surface area contributed by atoms with Crippen LogP contribution in [0.2, 0.25) is 0 Å². The Labute approximate surface area is 132 Å². The lowest BCUT2D eigenvalue weighted by atomic mass is 9.99. The topological polar surface area (TPSA) is 101 Å². The summed E-state index contributed by atoms with van der Waals surface area (Å²) in [6.07, 6.45) is 0. The Bertz CT molecular complexity index is 748. The molecule has 1 aliphatic rings. The molecule has 0 unspecified atom stereocenters. The maximum absolute atomic E-state index is 13.9. The first kappa shape index (κ1) is 17.4. The fourth-order valence-corrected chi connectivity index (χ4v) is 4.10. The molecule has 1 fully saturated rings. The number of halogens is 1. The van der Waals surface area contributed by atoms with E-state index in [1.165, 1.54) is 0 Å². The van der Waals surface area contributed by atoms with Crippen molar-refractivity contribution in [2.75, 3.05) is 20.2 Å². The Morgan fingerprint density at radius 2 is 2.00 bits per heavy atom. The summed E-state index contributed by atoms with van der Waals surface area (Å²) < 4.78 is 44.3. The molecule has 1 aromatic carbocycles. The Kier molecular flexibility index (Phi) is 4.71. The lowest BCUT2D eigenvalue weighted by Crippen LogP contribution is -2.30. The van der Waals surface area contributed by atoms with Crippen LogP contribution in [0.15, 0.2) is 23.1 Å². The summed E-state index contributed by atoms with van der Waals surface area (Å²) in [6.45, 7) is 1.52. The van der Waals surface area contributed by atoms with E-state index in [0.29, 0.717) is 0 Å². The van der Waals surface area contributed by atoms with Gasteiger partial charge < -0.3 is 9.84 Å². The third-order valence-corrected chi connectivity index (χ3v) is 5.71. The molecule has 1 N–H and O–H groups in total. The van der Waals surface area contributed by atoms with E-state index >= 15 is 0 Å². The van der Waals surface area contributed by atoms with Crippen molar-refractivity contribution in [3.63, 3.8) is 0 Å². The number of hydrogen-bond donors (Lipinski definition) is 1. The number of carboxylic acids is 1. The smallest absolute Gasteiger partial charge is 0.340 e. The molecule has 0 bridgehead atoms. The highest BCUT2D eigenvalue weighted by atomic mass is 32.2. The van der Waals surface area contributed by atoms with Gasteiger partial charge in [-0.15, -0.1) is 0 Å². The number of benzene rings is 1. The van der Waals surface area contributed by atoms with Gasteiger partial charge in [-0.05, 0) is 24.1 Å². The van der Waals surface area contributed by atoms with Crippen molar-refractivity contribution in [3.8, 4) is 0 Å². The molecular formula is C14H16FNO6S. The number of carboxylic acid groups (broad SMARTS) is 1. The largest absolute Gasteiger partial charge is 0.481 e. The maximum Gasteiger partial charge on any atom is 0.340 e. The molecule has 0 radical (unpaired) electrons. The normalized spacial score (nSPS) is 22.0. The highest BCUT2D eigenvalue weighted by molar-refractivity contribution is 7.89. The fourth-order valence-electron chi connectivity index (χ4n) is 2.52. The minimum Gasteiger partial charge on any atom is -0.481 e. The summed E-state index contributed by atoms with van der Waals surface area (Å²) in [5.41, 5.74) is -0.371. The first-order chi connectivity index (χ1) is 10.7. The van der Waals surface area contributed by atoms with Gasteiger partial charge in [0.15, 0.2) is 0 Å². The third kappa shape index (κ3) is 3.20. The van der Waals surface area contributed by atoms with Crippen LogP contribution in [-0.2, 0) is 19.6 Å². The third-order valence-electron chi connectivity index (χ3n) is 3.88. The molecule has 0 amide bonds. The molecule has 1 heterocycles. The van der Waals surface area contributed by atoms with Gasteiger partial charge in [0.25, 0.3) is 0 Å². The van der Waals surface area contributed by atoms with E-state index in [-0.39, 0.29) is 29.5 Å². The van der Waals surface area contributed by atoms with Crippen molar-refractivity contribution < 1.29 is 32.2 Å². The van der Waals surface area contributed by atoms with E-state index in [4.69, 9.17) is 5.11 Å². The fraction of sp³-hybridized carbons (Fsp3) is 0.429. The highest BCUT2D eigenvalue weighted by Crippen LogP contribution is 2.29. The quantitative estimate of drug-likeness (QED) is 0.816. The number of sulfonamides is 1. The lowest BCUT2D eigenvalue weighted by Gasteiger charge is -2.16. The second kappa shape index (κ2) is 6.25. The number of nitrogens with zero attached hydrogens (tertiary/aromatic N) is 1. The predicted molar refractivity (Wildman–Crippen MR) is 76.8 cm³/mol. The maximum atomic E-state index is 13.9. The van der Waals surface area contributed by atoms with Gasteiger partial charge in [-0.2, -0.15) is 4.31 Å². The first-order valence-electron chi connectivity index (χ1n) is 6.79. The predicted octanol–water partition coefficient (Wildman–Crippen LogP) is 0.954. The molecule has 9 heteroatoms. The molecule has 2 atom stereocenters. The zero-order valence-electron chi connectivity index (χ0n) is 12.5. The molecule has 23 heavy (non-hydrogen) atoms. The summed E-state index contributed by atoms with van der Waals surface area (Å²) in [6, 6.07) is 2.87. The minimum atomic E-state index is -4.03. The van der Waals surface area contributed by atoms with Crippen molar-refractivity contribution in [2.24, 2.45) is 11.8 Å². The van der Waals surface area contributed by atoms with Crippen LogP contribution in [0.5, 0.6) is 0 Å². The molecular weight excluding hydrogens is 329 g/mol. The van der Waals surface area contributed by atoms with Crippen LogP contribution in [-0.4, -0.2) is 50.0 Å². The van der Waals surface area contributed by atoms with Crippen LogP contribution in [0, 0.1) is 17.7 Å². The van der Waals surface area contributed by atoms with E-state index in [1.807, 2.05) is 0 Å². The van der Waals surface area contributed by atoms with Crippen molar-refractivity contribution in [1.82, 2.24) is 4.31 Å². The second-order valence-electron chi connectivity index (χ2n) is 5.38. The molecule has 0 aliphatic carbocycles. The van der Waals surface area contributed by atoms with E-state index in [9.17, 15) is 22.4 Å². The van der Waals surface area contributed by atoms with Crippen LogP contribution >= 0.6 is 0 Å². The minimum absolute atomic E-state index is 0.0413. The molecule has 1 saturated heterocycles. The molecule has 1 aromatic rings. The van der Waals surface area contributed by atoms with E-state index < -0.39 is 33.7 Å². The summed E-state index contributed by atoms with van der Waals surface area (Å²) in [5.74, 6) is -4.14. The van der Waals surface area contributed by atoms with Crippen molar-refractivity contribution in [2.45, 2.75) is 11.8 Å². The summed E-state index contributed by atoms with van der Waals surface area (Å²) in [5, 5.41) is 9.07. The van der Waals surface area contributed by atoms with Gasteiger partial charge in [0.2, 0.25) is 10.0 Å². The Morgan fingerprint density at radius 3 is 2.48 bits per heavy atom. The van der Waals surface area contributed by atoms with Crippen molar-refractivity contribution >= 4 is 22.0 Å². The van der Waals surface area contributed by atoms with Gasteiger partial charge >= 0.3 is 11.9 Å². The van der Waals surface area contributed by atoms with Gasteiger partial charge in [-0.25, -0.2) is 17.6 Å².